The van der Waals surface area contributed by atoms with Crippen molar-refractivity contribution >= 4 is 40.7 Å². The molecule has 12 nitrogen and oxygen atoms in total. The van der Waals surface area contributed by atoms with Gasteiger partial charge in [0.2, 0.25) is 0 Å². The van der Waals surface area contributed by atoms with Gasteiger partial charge in [0.15, 0.2) is 23.0 Å². The molecule has 0 atom stereocenters. The first-order chi connectivity index (χ1) is 26.5. The average molecular weight is 725 g/mol. The largest absolute Gasteiger partial charge is 0.452 e. The Morgan fingerprint density at radius 3 is 1.63 bits per heavy atom. The maximum absolute atomic E-state index is 12.8. The summed E-state index contributed by atoms with van der Waals surface area (Å²) in [5, 5.41) is 9.16. The van der Waals surface area contributed by atoms with Crippen LogP contribution in [0.2, 0.25) is 0 Å². The Bertz CT molecular complexity index is 2160. The Kier molecular flexibility index (Phi) is 9.98. The maximum Gasteiger partial charge on any atom is 0.410 e. The summed E-state index contributed by atoms with van der Waals surface area (Å²) >= 11 is 0. The Labute approximate surface area is 313 Å². The molecule has 3 N–H and O–H groups in total. The van der Waals surface area contributed by atoms with Crippen LogP contribution in [-0.2, 0) is 11.3 Å². The molecule has 12 heteroatoms. The zero-order valence-electron chi connectivity index (χ0n) is 29.6. The standard InChI is InChI=1S/C25H23N3O4.C17H17N3O2/c29-24-19-9-6-11-21(23(19)32-22-12-5-4-10-20(22)26-24)27-13-15-28(16-14-27)25(30)31-17-18-7-2-1-3-8-18;21-17-12-4-3-6-14(20-10-8-18-9-11-20)16(12)22-15-7-2-1-5-13(15)19-17/h1-12H,13-17H2,(H,26,29);1-7,18H,8-11H2,(H,19,21). The summed E-state index contributed by atoms with van der Waals surface area (Å²) < 4.78 is 17.8. The lowest BCUT2D eigenvalue weighted by molar-refractivity contribution is 0.0941. The van der Waals surface area contributed by atoms with Crippen LogP contribution in [0, 0.1) is 0 Å². The molecule has 5 aromatic rings. The average Bonchev–Trinajstić information content (AvgIpc) is 3.47. The van der Waals surface area contributed by atoms with Crippen molar-refractivity contribution in [3.63, 3.8) is 0 Å². The van der Waals surface area contributed by atoms with Gasteiger partial charge in [0.1, 0.15) is 6.61 Å². The van der Waals surface area contributed by atoms with Gasteiger partial charge >= 0.3 is 6.09 Å². The first-order valence-corrected chi connectivity index (χ1v) is 18.1. The van der Waals surface area contributed by atoms with Gasteiger partial charge in [-0.3, -0.25) is 9.59 Å². The lowest BCUT2D eigenvalue weighted by Gasteiger charge is -2.36. The van der Waals surface area contributed by atoms with Gasteiger partial charge in [-0.05, 0) is 54.1 Å². The normalized spacial score (nSPS) is 15.8. The second-order valence-electron chi connectivity index (χ2n) is 13.2. The van der Waals surface area contributed by atoms with Gasteiger partial charge in [-0.2, -0.15) is 0 Å². The SMILES string of the molecule is O=C1Nc2ccccc2Oc2c1cccc2N1CCN(C(=O)OCc2ccccc2)CC1.O=C1Nc2ccccc2Oc2c1cccc2N1CCNCC1. The van der Waals surface area contributed by atoms with Crippen molar-refractivity contribution in [1.82, 2.24) is 10.2 Å². The summed E-state index contributed by atoms with van der Waals surface area (Å²) in [5.41, 5.74) is 5.19. The number of benzene rings is 5. The number of hydrogen-bond acceptors (Lipinski definition) is 9. The minimum atomic E-state index is -0.315. The quantitative estimate of drug-likeness (QED) is 0.181. The summed E-state index contributed by atoms with van der Waals surface area (Å²) in [4.78, 5) is 43.8. The highest BCUT2D eigenvalue weighted by Gasteiger charge is 2.29. The Morgan fingerprint density at radius 2 is 1.07 bits per heavy atom. The van der Waals surface area contributed by atoms with Crippen molar-refractivity contribution in [1.29, 1.82) is 0 Å². The number of anilines is 4. The minimum absolute atomic E-state index is 0.128. The van der Waals surface area contributed by atoms with E-state index in [4.69, 9.17) is 14.2 Å². The Morgan fingerprint density at radius 1 is 0.574 bits per heavy atom. The van der Waals surface area contributed by atoms with Crippen LogP contribution in [0.25, 0.3) is 0 Å². The van der Waals surface area contributed by atoms with Gasteiger partial charge in [0, 0.05) is 52.4 Å². The first-order valence-electron chi connectivity index (χ1n) is 18.1. The van der Waals surface area contributed by atoms with Gasteiger partial charge in [0.25, 0.3) is 11.8 Å². The van der Waals surface area contributed by atoms with Crippen molar-refractivity contribution in [2.24, 2.45) is 0 Å². The fraction of sp³-hybridized carbons (Fsp3) is 0.214. The first kappa shape index (κ1) is 34.6. The molecule has 9 rings (SSSR count). The molecule has 0 radical (unpaired) electrons. The van der Waals surface area contributed by atoms with Crippen molar-refractivity contribution in [3.8, 4) is 23.0 Å². The van der Waals surface area contributed by atoms with Gasteiger partial charge in [-0.25, -0.2) is 4.79 Å². The van der Waals surface area contributed by atoms with Crippen LogP contribution in [0.5, 0.6) is 23.0 Å². The molecule has 0 saturated carbocycles. The highest BCUT2D eigenvalue weighted by molar-refractivity contribution is 6.10. The summed E-state index contributed by atoms with van der Waals surface area (Å²) in [5.74, 6) is 2.14. The number of hydrogen-bond donors (Lipinski definition) is 3. The van der Waals surface area contributed by atoms with E-state index in [2.05, 4.69) is 25.8 Å². The monoisotopic (exact) mass is 724 g/mol. The van der Waals surface area contributed by atoms with E-state index in [0.29, 0.717) is 71.7 Å². The molecule has 4 heterocycles. The van der Waals surface area contributed by atoms with E-state index in [0.717, 1.165) is 43.1 Å². The highest BCUT2D eigenvalue weighted by Crippen LogP contribution is 2.43. The van der Waals surface area contributed by atoms with Crippen LogP contribution in [0.4, 0.5) is 27.5 Å². The molecule has 0 spiro atoms. The zero-order valence-corrected chi connectivity index (χ0v) is 29.6. The Hall–Kier alpha value is -6.53. The predicted molar refractivity (Wildman–Crippen MR) is 207 cm³/mol. The van der Waals surface area contributed by atoms with Gasteiger partial charge in [-0.15, -0.1) is 0 Å². The molecule has 0 aliphatic carbocycles. The van der Waals surface area contributed by atoms with Crippen LogP contribution in [-0.4, -0.2) is 75.2 Å². The lowest BCUT2D eigenvalue weighted by atomic mass is 10.1. The number of rotatable bonds is 4. The predicted octanol–water partition coefficient (Wildman–Crippen LogP) is 6.96. The van der Waals surface area contributed by atoms with Crippen LogP contribution < -0.4 is 35.2 Å². The molecule has 2 fully saturated rings. The second-order valence-corrected chi connectivity index (χ2v) is 13.2. The van der Waals surface area contributed by atoms with Crippen LogP contribution in [0.3, 0.4) is 0 Å². The number of piperazine rings is 2. The molecule has 0 unspecified atom stereocenters. The topological polar surface area (TPSA) is 125 Å². The number of nitrogens with zero attached hydrogens (tertiary/aromatic N) is 3. The number of carbonyl (C=O) groups is 3. The van der Waals surface area contributed by atoms with E-state index in [1.165, 1.54) is 0 Å². The van der Waals surface area contributed by atoms with Crippen molar-refractivity contribution < 1.29 is 28.6 Å². The van der Waals surface area contributed by atoms with E-state index >= 15 is 0 Å². The molecular weight excluding hydrogens is 684 g/mol. The molecule has 5 aromatic carbocycles. The summed E-state index contributed by atoms with van der Waals surface area (Å²) in [6.45, 7) is 6.23. The van der Waals surface area contributed by atoms with E-state index in [9.17, 15) is 14.4 Å². The highest BCUT2D eigenvalue weighted by atomic mass is 16.6. The van der Waals surface area contributed by atoms with E-state index in [-0.39, 0.29) is 24.5 Å². The molecule has 54 heavy (non-hydrogen) atoms. The van der Waals surface area contributed by atoms with Crippen LogP contribution >= 0.6 is 0 Å². The molecule has 0 bridgehead atoms. The number of nitrogens with one attached hydrogen (secondary N) is 3. The third-order valence-corrected chi connectivity index (χ3v) is 9.71. The second kappa shape index (κ2) is 15.6. The summed E-state index contributed by atoms with van der Waals surface area (Å²) in [6.07, 6.45) is -0.315. The Balaban J connectivity index is 0.000000164. The number of carbonyl (C=O) groups excluding carboxylic acids is 3. The maximum atomic E-state index is 12.8. The van der Waals surface area contributed by atoms with Crippen LogP contribution in [0.15, 0.2) is 115 Å². The number of amides is 3. The van der Waals surface area contributed by atoms with E-state index in [1.54, 1.807) is 11.0 Å². The zero-order chi connectivity index (χ0) is 36.9. The van der Waals surface area contributed by atoms with Gasteiger partial charge in [0.05, 0.1) is 33.9 Å². The van der Waals surface area contributed by atoms with E-state index in [1.807, 2.05) is 109 Å². The van der Waals surface area contributed by atoms with Gasteiger partial charge < -0.3 is 44.9 Å². The summed E-state index contributed by atoms with van der Waals surface area (Å²) in [6, 6.07) is 35.8. The fourth-order valence-corrected chi connectivity index (χ4v) is 6.88. The number of ether oxygens (including phenoxy) is 3. The van der Waals surface area contributed by atoms with E-state index < -0.39 is 0 Å². The van der Waals surface area contributed by atoms with Crippen molar-refractivity contribution in [2.75, 3.05) is 72.8 Å². The molecule has 2 saturated heterocycles. The summed E-state index contributed by atoms with van der Waals surface area (Å²) in [7, 11) is 0. The lowest BCUT2D eigenvalue weighted by Crippen LogP contribution is -2.49. The third-order valence-electron chi connectivity index (χ3n) is 9.71. The smallest absolute Gasteiger partial charge is 0.410 e. The molecule has 274 valence electrons. The molecular formula is C42H40N6O6. The van der Waals surface area contributed by atoms with Crippen molar-refractivity contribution in [3.05, 3.63) is 132 Å². The molecule has 4 aliphatic heterocycles. The minimum Gasteiger partial charge on any atom is -0.452 e. The molecule has 3 amide bonds. The fourth-order valence-electron chi connectivity index (χ4n) is 6.88. The molecule has 4 aliphatic rings. The van der Waals surface area contributed by atoms with Crippen molar-refractivity contribution in [2.45, 2.75) is 6.61 Å². The third kappa shape index (κ3) is 7.37. The number of fused-ring (bicyclic) bond motifs is 4. The van der Waals surface area contributed by atoms with Crippen LogP contribution in [0.1, 0.15) is 26.3 Å². The number of para-hydroxylation sites is 6. The van der Waals surface area contributed by atoms with Gasteiger partial charge in [-0.1, -0.05) is 66.7 Å². The molecule has 0 aromatic heterocycles.